The highest BCUT2D eigenvalue weighted by atomic mass is 16.3. The molecule has 0 heterocycles. The molecular formula is C22H34O2. The monoisotopic (exact) mass is 330 g/mol. The molecule has 0 spiro atoms. The van der Waals surface area contributed by atoms with E-state index in [0.29, 0.717) is 11.3 Å². The van der Waals surface area contributed by atoms with Crippen molar-refractivity contribution in [1.82, 2.24) is 0 Å². The lowest BCUT2D eigenvalue weighted by molar-refractivity contribution is -0.132. The molecule has 7 atom stereocenters. The van der Waals surface area contributed by atoms with Gasteiger partial charge in [-0.25, -0.2) is 0 Å². The minimum Gasteiger partial charge on any atom is -0.389 e. The van der Waals surface area contributed by atoms with E-state index in [1.165, 1.54) is 44.9 Å². The van der Waals surface area contributed by atoms with Gasteiger partial charge >= 0.3 is 0 Å². The maximum atomic E-state index is 12.3. The maximum absolute atomic E-state index is 12.3. The van der Waals surface area contributed by atoms with E-state index in [-0.39, 0.29) is 23.7 Å². The third-order valence-corrected chi connectivity index (χ3v) is 8.89. The Morgan fingerprint density at radius 1 is 1.17 bits per heavy atom. The van der Waals surface area contributed by atoms with E-state index in [0.717, 1.165) is 24.2 Å². The van der Waals surface area contributed by atoms with Crippen LogP contribution in [0.2, 0.25) is 0 Å². The summed E-state index contributed by atoms with van der Waals surface area (Å²) < 4.78 is 0. The number of aliphatic hydroxyl groups excluding tert-OH is 1. The number of aliphatic hydroxyl groups is 1. The van der Waals surface area contributed by atoms with E-state index in [9.17, 15) is 9.90 Å². The predicted octanol–water partition coefficient (Wildman–Crippen LogP) is 4.76. The van der Waals surface area contributed by atoms with E-state index in [1.807, 2.05) is 0 Å². The number of fused-ring (bicyclic) bond motifs is 5. The van der Waals surface area contributed by atoms with Crippen LogP contribution >= 0.6 is 0 Å². The van der Waals surface area contributed by atoms with Gasteiger partial charge in [-0.2, -0.15) is 0 Å². The van der Waals surface area contributed by atoms with Crippen molar-refractivity contribution in [3.8, 4) is 0 Å². The van der Waals surface area contributed by atoms with E-state index < -0.39 is 0 Å². The number of Topliss-reactive ketones (excluding diaryl/α,β-unsaturated/α-hetero) is 1. The molecule has 4 aliphatic carbocycles. The van der Waals surface area contributed by atoms with Crippen LogP contribution in [0.5, 0.6) is 0 Å². The minimum absolute atomic E-state index is 0.100. The molecule has 0 saturated heterocycles. The van der Waals surface area contributed by atoms with Gasteiger partial charge in [0.2, 0.25) is 0 Å². The van der Waals surface area contributed by atoms with Gasteiger partial charge in [-0.15, -0.1) is 0 Å². The first-order chi connectivity index (χ1) is 11.4. The average Bonchev–Trinajstić information content (AvgIpc) is 2.92. The maximum Gasteiger partial charge on any atom is 0.161 e. The summed E-state index contributed by atoms with van der Waals surface area (Å²) in [7, 11) is 0. The Balaban J connectivity index is 1.64. The Hall–Kier alpha value is -0.630. The highest BCUT2D eigenvalue weighted by Crippen LogP contribution is 2.66. The SMILES string of the molecule is C[C@H]1CC[C@@]2(C)C(=CCC3C2CC[C@@]2(C)C3CC[C@@H]2C(=O)CO)C1. The summed E-state index contributed by atoms with van der Waals surface area (Å²) in [5.41, 5.74) is 2.33. The van der Waals surface area contributed by atoms with Gasteiger partial charge in [-0.1, -0.05) is 32.4 Å². The molecule has 0 amide bonds. The lowest BCUT2D eigenvalue weighted by Crippen LogP contribution is -2.50. The van der Waals surface area contributed by atoms with Gasteiger partial charge in [-0.3, -0.25) is 4.79 Å². The molecule has 0 aromatic rings. The fraction of sp³-hybridized carbons (Fsp3) is 0.864. The van der Waals surface area contributed by atoms with Crippen LogP contribution in [-0.4, -0.2) is 17.5 Å². The summed E-state index contributed by atoms with van der Waals surface area (Å²) >= 11 is 0. The van der Waals surface area contributed by atoms with Gasteiger partial charge in [0.1, 0.15) is 6.61 Å². The molecular weight excluding hydrogens is 296 g/mol. The molecule has 4 rings (SSSR count). The number of ketones is 1. The predicted molar refractivity (Wildman–Crippen MR) is 96.4 cm³/mol. The minimum atomic E-state index is -0.263. The molecule has 0 aromatic heterocycles. The van der Waals surface area contributed by atoms with Crippen LogP contribution in [-0.2, 0) is 4.79 Å². The smallest absolute Gasteiger partial charge is 0.161 e. The van der Waals surface area contributed by atoms with Crippen molar-refractivity contribution in [1.29, 1.82) is 0 Å². The van der Waals surface area contributed by atoms with Crippen molar-refractivity contribution in [3.05, 3.63) is 11.6 Å². The number of hydrogen-bond donors (Lipinski definition) is 1. The Morgan fingerprint density at radius 2 is 1.96 bits per heavy atom. The summed E-state index contributed by atoms with van der Waals surface area (Å²) in [5, 5.41) is 9.39. The van der Waals surface area contributed by atoms with Crippen LogP contribution in [0.3, 0.4) is 0 Å². The van der Waals surface area contributed by atoms with Crippen molar-refractivity contribution in [2.75, 3.05) is 6.61 Å². The van der Waals surface area contributed by atoms with Gasteiger partial charge in [-0.05, 0) is 85.9 Å². The van der Waals surface area contributed by atoms with Crippen LogP contribution in [0.15, 0.2) is 11.6 Å². The lowest BCUT2D eigenvalue weighted by atomic mass is 9.47. The third-order valence-electron chi connectivity index (χ3n) is 8.89. The fourth-order valence-corrected chi connectivity index (χ4v) is 7.48. The molecule has 3 fully saturated rings. The van der Waals surface area contributed by atoms with Crippen molar-refractivity contribution in [2.24, 2.45) is 40.4 Å². The molecule has 0 bridgehead atoms. The molecule has 2 heteroatoms. The zero-order chi connectivity index (χ0) is 17.1. The first-order valence-corrected chi connectivity index (χ1v) is 10.2. The zero-order valence-electron chi connectivity index (χ0n) is 15.7. The van der Waals surface area contributed by atoms with Crippen molar-refractivity contribution in [2.45, 2.75) is 72.1 Å². The number of rotatable bonds is 2. The molecule has 3 saturated carbocycles. The topological polar surface area (TPSA) is 37.3 Å². The van der Waals surface area contributed by atoms with E-state index in [4.69, 9.17) is 0 Å². The van der Waals surface area contributed by atoms with E-state index >= 15 is 0 Å². The molecule has 0 radical (unpaired) electrons. The Labute approximate surface area is 147 Å². The molecule has 134 valence electrons. The van der Waals surface area contributed by atoms with E-state index in [1.54, 1.807) is 5.57 Å². The number of carbonyl (C=O) groups excluding carboxylic acids is 1. The highest BCUT2D eigenvalue weighted by molar-refractivity contribution is 5.83. The highest BCUT2D eigenvalue weighted by Gasteiger charge is 2.59. The fourth-order valence-electron chi connectivity index (χ4n) is 7.48. The second-order valence-electron chi connectivity index (χ2n) is 9.91. The Morgan fingerprint density at radius 3 is 2.71 bits per heavy atom. The lowest BCUT2D eigenvalue weighted by Gasteiger charge is -2.58. The standard InChI is InChI=1S/C22H34O2/c1-14-8-10-21(2)15(12-14)4-5-16-17-6-7-19(20(24)13-23)22(17,3)11-9-18(16)21/h4,14,16-19,23H,5-13H2,1-3H3/t14-,16?,17?,18?,19+,21-,22-/m0/s1. The summed E-state index contributed by atoms with van der Waals surface area (Å²) in [4.78, 5) is 12.3. The van der Waals surface area contributed by atoms with Crippen LogP contribution in [0, 0.1) is 40.4 Å². The van der Waals surface area contributed by atoms with Gasteiger partial charge in [0.15, 0.2) is 5.78 Å². The van der Waals surface area contributed by atoms with Crippen LogP contribution in [0.25, 0.3) is 0 Å². The largest absolute Gasteiger partial charge is 0.389 e. The van der Waals surface area contributed by atoms with Gasteiger partial charge in [0.05, 0.1) is 0 Å². The van der Waals surface area contributed by atoms with Gasteiger partial charge in [0, 0.05) is 5.92 Å². The van der Waals surface area contributed by atoms with Gasteiger partial charge < -0.3 is 5.11 Å². The number of hydrogen-bond acceptors (Lipinski definition) is 2. The van der Waals surface area contributed by atoms with E-state index in [2.05, 4.69) is 26.8 Å². The molecule has 3 unspecified atom stereocenters. The normalized spacial score (nSPS) is 50.5. The quantitative estimate of drug-likeness (QED) is 0.741. The molecule has 0 aliphatic heterocycles. The molecule has 2 nitrogen and oxygen atoms in total. The second kappa shape index (κ2) is 5.69. The summed E-state index contributed by atoms with van der Waals surface area (Å²) in [5.74, 6) is 3.34. The second-order valence-corrected chi connectivity index (χ2v) is 9.91. The summed E-state index contributed by atoms with van der Waals surface area (Å²) in [6, 6.07) is 0. The molecule has 24 heavy (non-hydrogen) atoms. The van der Waals surface area contributed by atoms with Crippen LogP contribution < -0.4 is 0 Å². The number of allylic oxidation sites excluding steroid dienone is 2. The van der Waals surface area contributed by atoms with Gasteiger partial charge in [0.25, 0.3) is 0 Å². The Kier molecular flexibility index (Phi) is 3.99. The van der Waals surface area contributed by atoms with Crippen LogP contribution in [0.4, 0.5) is 0 Å². The average molecular weight is 331 g/mol. The first kappa shape index (κ1) is 16.8. The van der Waals surface area contributed by atoms with Crippen molar-refractivity contribution < 1.29 is 9.90 Å². The Bertz CT molecular complexity index is 564. The van der Waals surface area contributed by atoms with Crippen molar-refractivity contribution in [3.63, 3.8) is 0 Å². The molecule has 4 aliphatic rings. The summed E-state index contributed by atoms with van der Waals surface area (Å²) in [6.07, 6.45) is 12.6. The first-order valence-electron chi connectivity index (χ1n) is 10.2. The molecule has 1 N–H and O–H groups in total. The zero-order valence-corrected chi connectivity index (χ0v) is 15.7. The molecule has 0 aromatic carbocycles. The summed E-state index contributed by atoms with van der Waals surface area (Å²) in [6.45, 7) is 7.06. The van der Waals surface area contributed by atoms with Crippen LogP contribution in [0.1, 0.15) is 72.1 Å². The third kappa shape index (κ3) is 2.21. The number of carbonyl (C=O) groups is 1. The van der Waals surface area contributed by atoms with Crippen molar-refractivity contribution >= 4 is 5.78 Å².